The maximum Gasteiger partial charge on any atom is 0.284 e. The summed E-state index contributed by atoms with van der Waals surface area (Å²) in [5, 5.41) is 14.5. The third-order valence-electron chi connectivity index (χ3n) is 5.17. The summed E-state index contributed by atoms with van der Waals surface area (Å²) < 4.78 is 51.5. The number of amidine groups is 1. The molecule has 0 saturated carbocycles. The minimum absolute atomic E-state index is 0.151. The number of aliphatic imine (C=N–C) groups is 2. The molecule has 28 heavy (non-hydrogen) atoms. The first-order valence-electron chi connectivity index (χ1n) is 8.75. The molecule has 9 nitrogen and oxygen atoms in total. The smallest absolute Gasteiger partial charge is 0.284 e. The molecule has 0 aliphatic carbocycles. The largest absolute Gasteiger partial charge is 0.390 e. The van der Waals surface area contributed by atoms with Crippen LogP contribution in [0.5, 0.6) is 0 Å². The average molecular weight is 441 g/mol. The third kappa shape index (κ3) is 4.30. The van der Waals surface area contributed by atoms with Gasteiger partial charge in [-0.05, 0) is 12.8 Å². The molecule has 0 spiro atoms. The van der Waals surface area contributed by atoms with Crippen LogP contribution in [0.1, 0.15) is 12.8 Å². The second-order valence-corrected chi connectivity index (χ2v) is 9.08. The van der Waals surface area contributed by atoms with E-state index in [1.807, 2.05) is 16.8 Å². The number of aliphatic hydroxyl groups is 1. The van der Waals surface area contributed by atoms with Crippen LogP contribution in [0, 0.1) is 0 Å². The second-order valence-electron chi connectivity index (χ2n) is 7.14. The highest BCUT2D eigenvalue weighted by atomic mass is 35.5. The molecule has 1 fully saturated rings. The standard InChI is InChI=1S/C15H23ClF2N6O3S/c1-22-6-11(16)12-13(22)14(21-9-20-12)23-4-2-10(3-5-23)24(28(19,26)27)7-15(17,18)8-25/h6,9-10,12-13,25H,2-5,7-8H2,1H3,(H2,19,26,27). The van der Waals surface area contributed by atoms with Gasteiger partial charge in [0.15, 0.2) is 0 Å². The lowest BCUT2D eigenvalue weighted by Crippen LogP contribution is -2.57. The molecule has 1 saturated heterocycles. The molecule has 0 bridgehead atoms. The molecule has 13 heteroatoms. The van der Waals surface area contributed by atoms with Crippen molar-refractivity contribution in [2.24, 2.45) is 15.1 Å². The molecular formula is C15H23ClF2N6O3S. The Kier molecular flexibility index (Phi) is 5.97. The molecule has 0 radical (unpaired) electrons. The Morgan fingerprint density at radius 3 is 2.64 bits per heavy atom. The molecule has 3 aliphatic heterocycles. The van der Waals surface area contributed by atoms with Crippen molar-refractivity contribution in [3.63, 3.8) is 0 Å². The van der Waals surface area contributed by atoms with Crippen molar-refractivity contribution in [1.29, 1.82) is 0 Å². The van der Waals surface area contributed by atoms with Gasteiger partial charge in [-0.25, -0.2) is 18.9 Å². The van der Waals surface area contributed by atoms with Crippen molar-refractivity contribution in [1.82, 2.24) is 14.1 Å². The van der Waals surface area contributed by atoms with Gasteiger partial charge in [-0.1, -0.05) is 11.6 Å². The van der Waals surface area contributed by atoms with E-state index in [0.717, 1.165) is 5.84 Å². The summed E-state index contributed by atoms with van der Waals surface area (Å²) in [5.41, 5.74) is 0. The quantitative estimate of drug-likeness (QED) is 0.613. The van der Waals surface area contributed by atoms with Crippen LogP contribution in [0.3, 0.4) is 0 Å². The number of likely N-dealkylation sites (N-methyl/N-ethyl adjacent to an activating group) is 1. The van der Waals surface area contributed by atoms with Crippen LogP contribution in [0.15, 0.2) is 21.2 Å². The van der Waals surface area contributed by atoms with Gasteiger partial charge >= 0.3 is 0 Å². The monoisotopic (exact) mass is 440 g/mol. The van der Waals surface area contributed by atoms with Gasteiger partial charge in [-0.2, -0.15) is 12.7 Å². The lowest BCUT2D eigenvalue weighted by Gasteiger charge is -2.41. The average Bonchev–Trinajstić information content (AvgIpc) is 2.93. The Balaban J connectivity index is 1.70. The maximum absolute atomic E-state index is 13.6. The molecule has 0 aromatic carbocycles. The highest BCUT2D eigenvalue weighted by molar-refractivity contribution is 7.86. The normalized spacial score (nSPS) is 26.5. The molecule has 3 rings (SSSR count). The summed E-state index contributed by atoms with van der Waals surface area (Å²) in [4.78, 5) is 12.6. The van der Waals surface area contributed by atoms with E-state index in [-0.39, 0.29) is 12.1 Å². The van der Waals surface area contributed by atoms with E-state index in [1.54, 1.807) is 6.20 Å². The van der Waals surface area contributed by atoms with E-state index in [1.165, 1.54) is 6.34 Å². The summed E-state index contributed by atoms with van der Waals surface area (Å²) in [6.45, 7) is -1.75. The van der Waals surface area contributed by atoms with Gasteiger partial charge in [-0.3, -0.25) is 4.99 Å². The Hall–Kier alpha value is -1.34. The molecule has 2 unspecified atom stereocenters. The zero-order chi connectivity index (χ0) is 20.7. The number of hydrogen-bond donors (Lipinski definition) is 2. The van der Waals surface area contributed by atoms with Gasteiger partial charge < -0.3 is 14.9 Å². The first-order chi connectivity index (χ1) is 13.0. The predicted octanol–water partition coefficient (Wildman–Crippen LogP) is -0.213. The fourth-order valence-corrected chi connectivity index (χ4v) is 5.12. The van der Waals surface area contributed by atoms with Crippen LogP contribution in [0.25, 0.3) is 0 Å². The lowest BCUT2D eigenvalue weighted by molar-refractivity contribution is -0.0665. The number of aliphatic hydroxyl groups excluding tert-OH is 1. The first kappa shape index (κ1) is 21.4. The van der Waals surface area contributed by atoms with Crippen molar-refractivity contribution in [2.45, 2.75) is 36.9 Å². The van der Waals surface area contributed by atoms with Crippen molar-refractivity contribution in [2.75, 3.05) is 33.3 Å². The maximum atomic E-state index is 13.6. The Morgan fingerprint density at radius 1 is 1.43 bits per heavy atom. The van der Waals surface area contributed by atoms with Crippen molar-refractivity contribution >= 4 is 34.0 Å². The van der Waals surface area contributed by atoms with E-state index >= 15 is 0 Å². The zero-order valence-electron chi connectivity index (χ0n) is 15.2. The van der Waals surface area contributed by atoms with Crippen LogP contribution in [0.4, 0.5) is 8.78 Å². The molecule has 158 valence electrons. The minimum Gasteiger partial charge on any atom is -0.390 e. The van der Waals surface area contributed by atoms with Gasteiger partial charge in [0.2, 0.25) is 0 Å². The van der Waals surface area contributed by atoms with E-state index < -0.39 is 35.3 Å². The number of fused-ring (bicyclic) bond motifs is 1. The molecular weight excluding hydrogens is 418 g/mol. The third-order valence-corrected chi connectivity index (χ3v) is 6.57. The van der Waals surface area contributed by atoms with Gasteiger partial charge in [0.25, 0.3) is 16.1 Å². The zero-order valence-corrected chi connectivity index (χ0v) is 16.8. The van der Waals surface area contributed by atoms with Crippen LogP contribution >= 0.6 is 11.6 Å². The molecule has 3 aliphatic rings. The molecule has 3 heterocycles. The molecule has 0 aromatic heterocycles. The van der Waals surface area contributed by atoms with Crippen LogP contribution < -0.4 is 5.14 Å². The van der Waals surface area contributed by atoms with Gasteiger partial charge in [0, 0.05) is 32.4 Å². The number of rotatable bonds is 5. The summed E-state index contributed by atoms with van der Waals surface area (Å²) in [6.07, 6.45) is 3.85. The van der Waals surface area contributed by atoms with E-state index in [9.17, 15) is 17.2 Å². The topological polar surface area (TPSA) is 115 Å². The summed E-state index contributed by atoms with van der Waals surface area (Å²) in [5.74, 6) is -2.80. The number of halogens is 3. The second kappa shape index (κ2) is 7.82. The van der Waals surface area contributed by atoms with Crippen molar-refractivity contribution < 1.29 is 22.3 Å². The Labute approximate surface area is 167 Å². The van der Waals surface area contributed by atoms with Crippen molar-refractivity contribution in [3.8, 4) is 0 Å². The van der Waals surface area contributed by atoms with Crippen LogP contribution in [-0.4, -0.2) is 97.1 Å². The summed E-state index contributed by atoms with van der Waals surface area (Å²) >= 11 is 6.23. The number of nitrogens with two attached hydrogens (primary N) is 1. The Morgan fingerprint density at radius 2 is 2.07 bits per heavy atom. The fraction of sp³-hybridized carbons (Fsp3) is 0.733. The number of alkyl halides is 2. The summed E-state index contributed by atoms with van der Waals surface area (Å²) in [6, 6.07) is -1.07. The minimum atomic E-state index is -4.34. The van der Waals surface area contributed by atoms with Crippen LogP contribution in [0.2, 0.25) is 0 Å². The number of hydrogen-bond acceptors (Lipinski definition) is 7. The highest BCUT2D eigenvalue weighted by Crippen LogP contribution is 2.31. The van der Waals surface area contributed by atoms with Gasteiger partial charge in [-0.15, -0.1) is 0 Å². The number of likely N-dealkylation sites (tertiary alicyclic amines) is 1. The van der Waals surface area contributed by atoms with Gasteiger partial charge in [0.1, 0.15) is 30.9 Å². The van der Waals surface area contributed by atoms with E-state index in [4.69, 9.17) is 21.8 Å². The number of nitrogens with zero attached hydrogens (tertiary/aromatic N) is 5. The lowest BCUT2D eigenvalue weighted by atomic mass is 10.0. The van der Waals surface area contributed by atoms with Crippen molar-refractivity contribution in [3.05, 3.63) is 11.2 Å². The molecule has 3 N–H and O–H groups in total. The first-order valence-corrected chi connectivity index (χ1v) is 10.6. The molecule has 0 amide bonds. The fourth-order valence-electron chi connectivity index (χ4n) is 3.80. The van der Waals surface area contributed by atoms with E-state index in [2.05, 4.69) is 9.98 Å². The Bertz CT molecular complexity index is 798. The predicted molar refractivity (Wildman–Crippen MR) is 102 cm³/mol. The SMILES string of the molecule is CN1C=C(Cl)C2N=CN=C(N3CCC(N(CC(F)(F)CO)S(N)(=O)=O)CC3)C21. The van der Waals surface area contributed by atoms with E-state index in [0.29, 0.717) is 35.3 Å². The molecule has 0 aromatic rings. The van der Waals surface area contributed by atoms with Gasteiger partial charge in [0.05, 0.1) is 11.6 Å². The van der Waals surface area contributed by atoms with Crippen LogP contribution in [-0.2, 0) is 10.2 Å². The number of piperidine rings is 1. The highest BCUT2D eigenvalue weighted by Gasteiger charge is 2.43. The summed E-state index contributed by atoms with van der Waals surface area (Å²) in [7, 11) is -2.47. The molecule has 2 atom stereocenters.